The quantitative estimate of drug-likeness (QED) is 0.211. The SMILES string of the molecule is C=N/C(=C\C(=C/C)C(=O)NCc1[nH]nc2ccc(Cl)cc12)Cc1ccc2ncc(N)cc2c1. The number of hydrogen-bond donors (Lipinski definition) is 3. The summed E-state index contributed by atoms with van der Waals surface area (Å²) >= 11 is 6.09. The molecular formula is C25H23ClN6O. The van der Waals surface area contributed by atoms with E-state index in [4.69, 9.17) is 17.3 Å². The Labute approximate surface area is 196 Å². The van der Waals surface area contributed by atoms with E-state index in [-0.39, 0.29) is 12.5 Å². The van der Waals surface area contributed by atoms with Crippen molar-refractivity contribution in [2.75, 3.05) is 5.73 Å². The minimum atomic E-state index is -0.223. The molecule has 2 heterocycles. The molecule has 33 heavy (non-hydrogen) atoms. The first-order chi connectivity index (χ1) is 16.0. The number of nitrogens with two attached hydrogens (primary N) is 1. The van der Waals surface area contributed by atoms with Gasteiger partial charge in [-0.15, -0.1) is 0 Å². The largest absolute Gasteiger partial charge is 0.397 e. The van der Waals surface area contributed by atoms with Crippen LogP contribution in [-0.4, -0.2) is 27.8 Å². The number of carbonyl (C=O) groups excluding carboxylic acids is 1. The number of fused-ring (bicyclic) bond motifs is 2. The highest BCUT2D eigenvalue weighted by Crippen LogP contribution is 2.21. The molecule has 1 amide bonds. The highest BCUT2D eigenvalue weighted by atomic mass is 35.5. The number of benzene rings is 2. The molecule has 0 atom stereocenters. The molecule has 0 saturated heterocycles. The summed E-state index contributed by atoms with van der Waals surface area (Å²) in [6.07, 6.45) is 5.64. The van der Waals surface area contributed by atoms with Gasteiger partial charge in [0.05, 0.1) is 35.2 Å². The summed E-state index contributed by atoms with van der Waals surface area (Å²) in [5.74, 6) is -0.223. The van der Waals surface area contributed by atoms with Gasteiger partial charge in [0.1, 0.15) is 0 Å². The average Bonchev–Trinajstić information content (AvgIpc) is 3.21. The van der Waals surface area contributed by atoms with Crippen molar-refractivity contribution in [2.24, 2.45) is 4.99 Å². The molecule has 2 aromatic carbocycles. The lowest BCUT2D eigenvalue weighted by molar-refractivity contribution is -0.117. The second-order valence-electron chi connectivity index (χ2n) is 7.56. The van der Waals surface area contributed by atoms with Crippen molar-refractivity contribution in [3.63, 3.8) is 0 Å². The molecule has 0 spiro atoms. The third-order valence-electron chi connectivity index (χ3n) is 5.27. The Morgan fingerprint density at radius 2 is 2.06 bits per heavy atom. The molecule has 0 unspecified atom stereocenters. The molecule has 0 aliphatic heterocycles. The van der Waals surface area contributed by atoms with Crippen LogP contribution in [0, 0.1) is 0 Å². The van der Waals surface area contributed by atoms with Crippen molar-refractivity contribution in [1.29, 1.82) is 0 Å². The number of anilines is 1. The molecule has 166 valence electrons. The van der Waals surface area contributed by atoms with Gasteiger partial charge in [0.2, 0.25) is 0 Å². The monoisotopic (exact) mass is 458 g/mol. The summed E-state index contributed by atoms with van der Waals surface area (Å²) in [7, 11) is 0. The van der Waals surface area contributed by atoms with Crippen molar-refractivity contribution in [1.82, 2.24) is 20.5 Å². The van der Waals surface area contributed by atoms with E-state index in [9.17, 15) is 4.79 Å². The van der Waals surface area contributed by atoms with Crippen LogP contribution >= 0.6 is 11.6 Å². The van der Waals surface area contributed by atoms with Gasteiger partial charge in [-0.2, -0.15) is 5.10 Å². The Morgan fingerprint density at radius 1 is 1.24 bits per heavy atom. The lowest BCUT2D eigenvalue weighted by Crippen LogP contribution is -2.24. The molecule has 4 rings (SSSR count). The highest BCUT2D eigenvalue weighted by Gasteiger charge is 2.11. The third kappa shape index (κ3) is 5.10. The summed E-state index contributed by atoms with van der Waals surface area (Å²) in [6.45, 7) is 5.77. The highest BCUT2D eigenvalue weighted by molar-refractivity contribution is 6.31. The number of halogens is 1. The summed E-state index contributed by atoms with van der Waals surface area (Å²) in [5, 5.41) is 12.6. The van der Waals surface area contributed by atoms with Gasteiger partial charge in [0.15, 0.2) is 0 Å². The fourth-order valence-corrected chi connectivity index (χ4v) is 3.74. The average molecular weight is 459 g/mol. The van der Waals surface area contributed by atoms with E-state index >= 15 is 0 Å². The minimum absolute atomic E-state index is 0.223. The number of nitrogen functional groups attached to an aromatic ring is 1. The number of rotatable bonds is 7. The first-order valence-electron chi connectivity index (χ1n) is 10.4. The van der Waals surface area contributed by atoms with Gasteiger partial charge in [-0.25, -0.2) is 0 Å². The first-order valence-corrected chi connectivity index (χ1v) is 10.7. The predicted octanol–water partition coefficient (Wildman–Crippen LogP) is 4.74. The number of aromatic amines is 1. The van der Waals surface area contributed by atoms with Crippen LogP contribution in [-0.2, 0) is 17.8 Å². The number of aromatic nitrogens is 3. The van der Waals surface area contributed by atoms with Crippen LogP contribution in [0.1, 0.15) is 18.2 Å². The fourth-order valence-electron chi connectivity index (χ4n) is 3.57. The van der Waals surface area contributed by atoms with Crippen LogP contribution in [0.15, 0.2) is 77.1 Å². The number of allylic oxidation sites excluding steroid dienone is 2. The Hall–Kier alpha value is -3.97. The maximum atomic E-state index is 12.8. The number of carbonyl (C=O) groups is 1. The van der Waals surface area contributed by atoms with Gasteiger partial charge in [-0.05, 0) is 61.7 Å². The molecule has 0 fully saturated rings. The predicted molar refractivity (Wildman–Crippen MR) is 134 cm³/mol. The number of H-pyrrole nitrogens is 1. The number of nitrogens with one attached hydrogen (secondary N) is 2. The van der Waals surface area contributed by atoms with Crippen LogP contribution in [0.5, 0.6) is 0 Å². The zero-order valence-electron chi connectivity index (χ0n) is 18.1. The van der Waals surface area contributed by atoms with E-state index in [1.165, 1.54) is 0 Å². The second kappa shape index (κ2) is 9.67. The molecule has 8 heteroatoms. The Balaban J connectivity index is 1.48. The number of aliphatic imine (C=N–C) groups is 1. The molecule has 0 aliphatic rings. The Morgan fingerprint density at radius 3 is 2.85 bits per heavy atom. The molecule has 7 nitrogen and oxygen atoms in total. The molecule has 2 aromatic heterocycles. The maximum absolute atomic E-state index is 12.8. The van der Waals surface area contributed by atoms with Crippen LogP contribution < -0.4 is 11.1 Å². The van der Waals surface area contributed by atoms with Crippen molar-refractivity contribution in [3.05, 3.63) is 88.4 Å². The van der Waals surface area contributed by atoms with Crippen LogP contribution in [0.4, 0.5) is 5.69 Å². The third-order valence-corrected chi connectivity index (χ3v) is 5.51. The van der Waals surface area contributed by atoms with E-state index < -0.39 is 0 Å². The van der Waals surface area contributed by atoms with Crippen molar-refractivity contribution < 1.29 is 4.79 Å². The van der Waals surface area contributed by atoms with Crippen LogP contribution in [0.3, 0.4) is 0 Å². The second-order valence-corrected chi connectivity index (χ2v) is 7.99. The zero-order chi connectivity index (χ0) is 23.4. The van der Waals surface area contributed by atoms with Crippen LogP contribution in [0.25, 0.3) is 21.8 Å². The molecule has 0 bridgehead atoms. The van der Waals surface area contributed by atoms with E-state index in [0.29, 0.717) is 28.4 Å². The fraction of sp³-hybridized carbons (Fsp3) is 0.120. The van der Waals surface area contributed by atoms with Gasteiger partial charge in [-0.3, -0.25) is 19.9 Å². The summed E-state index contributed by atoms with van der Waals surface area (Å²) in [6, 6.07) is 13.3. The smallest absolute Gasteiger partial charge is 0.251 e. The number of nitrogens with zero attached hydrogens (tertiary/aromatic N) is 3. The standard InChI is InChI=1S/C25H23ClN6O/c1-3-16(25(33)30-14-24-21-12-18(26)5-7-23(21)31-32-24)11-20(28-2)9-15-4-6-22-17(8-15)10-19(27)13-29-22/h3-8,10-13H,2,9,14,27H2,1H3,(H,30,33)(H,31,32)/b16-3+,20-11-. The molecule has 4 aromatic rings. The van der Waals surface area contributed by atoms with E-state index in [1.54, 1.807) is 24.4 Å². The van der Waals surface area contributed by atoms with Gasteiger partial charge in [-0.1, -0.05) is 23.7 Å². The zero-order valence-corrected chi connectivity index (χ0v) is 18.9. The Bertz CT molecular complexity index is 1420. The summed E-state index contributed by atoms with van der Waals surface area (Å²) < 4.78 is 0. The van der Waals surface area contributed by atoms with Gasteiger partial charge >= 0.3 is 0 Å². The lowest BCUT2D eigenvalue weighted by atomic mass is 10.0. The molecule has 4 N–H and O–H groups in total. The number of pyridine rings is 1. The molecule has 0 saturated carbocycles. The van der Waals surface area contributed by atoms with Gasteiger partial charge < -0.3 is 11.1 Å². The van der Waals surface area contributed by atoms with Crippen LogP contribution in [0.2, 0.25) is 5.02 Å². The van der Waals surface area contributed by atoms with Crippen molar-refractivity contribution in [3.8, 4) is 0 Å². The molecular weight excluding hydrogens is 436 g/mol. The Kier molecular flexibility index (Phi) is 6.51. The molecule has 0 radical (unpaired) electrons. The lowest BCUT2D eigenvalue weighted by Gasteiger charge is -2.08. The molecule has 0 aliphatic carbocycles. The number of hydrogen-bond acceptors (Lipinski definition) is 5. The summed E-state index contributed by atoms with van der Waals surface area (Å²) in [4.78, 5) is 21.3. The van der Waals surface area contributed by atoms with Crippen molar-refractivity contribution in [2.45, 2.75) is 19.9 Å². The van der Waals surface area contributed by atoms with E-state index in [0.717, 1.165) is 33.1 Å². The van der Waals surface area contributed by atoms with Gasteiger partial charge in [0.25, 0.3) is 5.91 Å². The van der Waals surface area contributed by atoms with Gasteiger partial charge in [0, 0.05) is 33.5 Å². The minimum Gasteiger partial charge on any atom is -0.397 e. The van der Waals surface area contributed by atoms with E-state index in [1.807, 2.05) is 43.3 Å². The topological polar surface area (TPSA) is 109 Å². The normalized spacial score (nSPS) is 12.3. The first kappa shape index (κ1) is 22.2. The van der Waals surface area contributed by atoms with E-state index in [2.05, 4.69) is 32.2 Å². The van der Waals surface area contributed by atoms with Crippen molar-refractivity contribution >= 4 is 51.7 Å². The maximum Gasteiger partial charge on any atom is 0.251 e. The number of amides is 1. The summed E-state index contributed by atoms with van der Waals surface area (Å²) in [5.41, 5.74) is 11.1.